The van der Waals surface area contributed by atoms with E-state index in [2.05, 4.69) is 48.5 Å². The summed E-state index contributed by atoms with van der Waals surface area (Å²) in [5.41, 5.74) is 8.23. The van der Waals surface area contributed by atoms with Crippen molar-refractivity contribution in [2.75, 3.05) is 13.7 Å². The molecule has 7 atom stereocenters. The van der Waals surface area contributed by atoms with Crippen molar-refractivity contribution in [2.45, 2.75) is 176 Å². The topological polar surface area (TPSA) is 141 Å². The zero-order chi connectivity index (χ0) is 46.4. The normalized spacial score (nSPS) is 20.2. The summed E-state index contributed by atoms with van der Waals surface area (Å²) in [6.07, 6.45) is 14.5. The Morgan fingerprint density at radius 1 is 0.800 bits per heavy atom. The van der Waals surface area contributed by atoms with Crippen molar-refractivity contribution in [2.24, 2.45) is 17.8 Å². The molecule has 0 N–H and O–H groups in total. The number of esters is 2. The van der Waals surface area contributed by atoms with Gasteiger partial charge in [-0.1, -0.05) is 129 Å². The SMILES string of the molecule is CCC1c2cc3[n-]c4c(c3C)C(=O)C(C(=O)OC)c4c3nc(cc4cc(C(C)=O)c(cc(n2)C1C)[n-]4)[C@@H](C)[C@@H]3CCC(=O)OC/C=C(\C)CCCC(C)CCCC(C)CCCC(C)C.[Zn+2]. The standard InChI is InChI=1S/C54H73N4O6.Zn/c1-12-39-34(7)43-28-46-41(37(10)59)26-38(55-46)27-42-35(8)40(51(57-42)49-50(54(62)63-11)53(61)48-36(9)44(58-52(48)49)29-45(39)56-43)22-23-47(60)64-25-24-33(6)21-15-20-32(5)19-14-18-31(4)17-13-16-30(2)3;/h24,26-32,34-35,39-40,50H,12-23,25H2,1-11H3,(H-,55,56,57,58,59,61);/q-1;+2/p-1/b33-24+;/t31?,32?,34?,35-,39?,40-,50?;/m0./s1. The van der Waals surface area contributed by atoms with Crippen LogP contribution in [-0.4, -0.2) is 47.2 Å². The third-order valence-electron chi connectivity index (χ3n) is 14.4. The summed E-state index contributed by atoms with van der Waals surface area (Å²) in [5, 5.41) is 0. The number of Topliss-reactive ketones (excluding diaryl/α,β-unsaturated/α-hetero) is 2. The van der Waals surface area contributed by atoms with E-state index in [1.54, 1.807) is 6.07 Å². The molecule has 6 rings (SSSR count). The van der Waals surface area contributed by atoms with Crippen molar-refractivity contribution < 1.29 is 48.1 Å². The molecule has 1 aliphatic carbocycles. The Morgan fingerprint density at radius 2 is 1.43 bits per heavy atom. The summed E-state index contributed by atoms with van der Waals surface area (Å²) in [6.45, 7) is 21.4. The number of allylic oxidation sites excluding steroid dienone is 1. The van der Waals surface area contributed by atoms with E-state index in [1.165, 1.54) is 64.6 Å². The van der Waals surface area contributed by atoms with Crippen LogP contribution in [0, 0.1) is 24.7 Å². The van der Waals surface area contributed by atoms with Crippen molar-refractivity contribution >= 4 is 45.6 Å². The molecule has 3 aliphatic rings. The van der Waals surface area contributed by atoms with Gasteiger partial charge >= 0.3 is 31.4 Å². The third kappa shape index (κ3) is 12.0. The number of fused-ring (bicyclic) bond motifs is 8. The van der Waals surface area contributed by atoms with E-state index in [9.17, 15) is 19.2 Å². The average molecular weight is 939 g/mol. The van der Waals surface area contributed by atoms with Gasteiger partial charge in [0.05, 0.1) is 7.11 Å². The van der Waals surface area contributed by atoms with E-state index < -0.39 is 11.9 Å². The van der Waals surface area contributed by atoms with Crippen LogP contribution < -0.4 is 9.97 Å². The number of aromatic nitrogens is 4. The van der Waals surface area contributed by atoms with Gasteiger partial charge in [-0.15, -0.1) is 22.1 Å². The molecular weight excluding hydrogens is 866 g/mol. The van der Waals surface area contributed by atoms with Crippen LogP contribution in [-0.2, 0) is 38.5 Å². The van der Waals surface area contributed by atoms with E-state index in [-0.39, 0.29) is 73.7 Å². The Bertz CT molecular complexity index is 2410. The Kier molecular flexibility index (Phi) is 18.3. The first-order valence-electron chi connectivity index (χ1n) is 24.1. The molecule has 3 aromatic rings. The number of ketones is 2. The van der Waals surface area contributed by atoms with Crippen molar-refractivity contribution in [3.05, 3.63) is 80.9 Å². The zero-order valence-corrected chi connectivity index (χ0v) is 44.1. The molecular formula is C54H72N4O6Zn. The first kappa shape index (κ1) is 51.7. The fourth-order valence-electron chi connectivity index (χ4n) is 10.2. The number of hydrogen-bond donors (Lipinski definition) is 0. The molecule has 8 bridgehead atoms. The van der Waals surface area contributed by atoms with E-state index in [0.29, 0.717) is 68.0 Å². The molecule has 0 aromatic carbocycles. The Balaban J connectivity index is 0.00000793. The Morgan fingerprint density at radius 3 is 2.08 bits per heavy atom. The molecule has 65 heavy (non-hydrogen) atoms. The van der Waals surface area contributed by atoms with Gasteiger partial charge < -0.3 is 19.4 Å². The molecule has 2 aliphatic heterocycles. The quantitative estimate of drug-likeness (QED) is 0.0353. The average Bonchev–Trinajstić information content (AvgIpc) is 4.02. The molecule has 0 saturated heterocycles. The first-order chi connectivity index (χ1) is 30.5. The maximum absolute atomic E-state index is 14.3. The maximum atomic E-state index is 14.3. The van der Waals surface area contributed by atoms with Crippen LogP contribution in [0.3, 0.4) is 0 Å². The molecule has 3 aromatic heterocycles. The smallest absolute Gasteiger partial charge is 0.657 e. The van der Waals surface area contributed by atoms with Gasteiger partial charge in [-0.2, -0.15) is 0 Å². The predicted octanol–water partition coefficient (Wildman–Crippen LogP) is 12.4. The van der Waals surface area contributed by atoms with Crippen molar-refractivity contribution in [3.8, 4) is 0 Å². The van der Waals surface area contributed by atoms with Crippen LogP contribution in [0.2, 0.25) is 0 Å². The van der Waals surface area contributed by atoms with Crippen LogP contribution >= 0.6 is 0 Å². The van der Waals surface area contributed by atoms with Crippen LogP contribution in [0.1, 0.15) is 224 Å². The summed E-state index contributed by atoms with van der Waals surface area (Å²) in [6, 6.07) is 7.51. The van der Waals surface area contributed by atoms with Crippen molar-refractivity contribution in [3.63, 3.8) is 0 Å². The molecule has 0 amide bonds. The summed E-state index contributed by atoms with van der Waals surface area (Å²) in [7, 11) is 1.28. The van der Waals surface area contributed by atoms with Gasteiger partial charge in [-0.3, -0.25) is 29.1 Å². The van der Waals surface area contributed by atoms with Crippen LogP contribution in [0.5, 0.6) is 0 Å². The Labute approximate surface area is 400 Å². The zero-order valence-electron chi connectivity index (χ0n) is 41.1. The Hall–Kier alpha value is -4.24. The first-order valence-corrected chi connectivity index (χ1v) is 24.1. The number of rotatable bonds is 20. The minimum Gasteiger partial charge on any atom is -0.657 e. The summed E-state index contributed by atoms with van der Waals surface area (Å²) >= 11 is 0. The minimum absolute atomic E-state index is 0. The number of hydrogen-bond acceptors (Lipinski definition) is 8. The number of ether oxygens (including phenoxy) is 2. The number of carbonyl (C=O) groups is 4. The van der Waals surface area contributed by atoms with Gasteiger partial charge in [0.1, 0.15) is 12.5 Å². The second-order valence-corrected chi connectivity index (χ2v) is 19.8. The fraction of sp³-hybridized carbons (Fsp3) is 0.593. The summed E-state index contributed by atoms with van der Waals surface area (Å²) < 4.78 is 11.0. The molecule has 0 radical (unpaired) electrons. The number of nitrogens with zero attached hydrogens (tertiary/aromatic N) is 4. The fourth-order valence-corrected chi connectivity index (χ4v) is 10.2. The van der Waals surface area contributed by atoms with Crippen molar-refractivity contribution in [1.29, 1.82) is 0 Å². The van der Waals surface area contributed by atoms with Gasteiger partial charge in [0.15, 0.2) is 11.6 Å². The van der Waals surface area contributed by atoms with Crippen LogP contribution in [0.25, 0.3) is 22.1 Å². The molecule has 10 nitrogen and oxygen atoms in total. The molecule has 0 spiro atoms. The summed E-state index contributed by atoms with van der Waals surface area (Å²) in [4.78, 5) is 74.4. The van der Waals surface area contributed by atoms with Gasteiger partial charge in [0.25, 0.3) is 0 Å². The molecule has 5 unspecified atom stereocenters. The van der Waals surface area contributed by atoms with E-state index >= 15 is 0 Å². The molecule has 346 valence electrons. The van der Waals surface area contributed by atoms with E-state index in [4.69, 9.17) is 29.4 Å². The van der Waals surface area contributed by atoms with Crippen molar-refractivity contribution in [1.82, 2.24) is 19.9 Å². The largest absolute Gasteiger partial charge is 2.00 e. The molecule has 5 heterocycles. The number of aryl methyl sites for hydroxylation is 1. The van der Waals surface area contributed by atoms with Crippen LogP contribution in [0.15, 0.2) is 35.9 Å². The summed E-state index contributed by atoms with van der Waals surface area (Å²) in [5.74, 6) is -0.865. The third-order valence-corrected chi connectivity index (χ3v) is 14.4. The maximum Gasteiger partial charge on any atom is 2.00 e. The number of methoxy groups -OCH3 is 1. The van der Waals surface area contributed by atoms with Gasteiger partial charge in [-0.25, -0.2) is 0 Å². The van der Waals surface area contributed by atoms with Gasteiger partial charge in [0, 0.05) is 64.0 Å². The predicted molar refractivity (Wildman–Crippen MR) is 254 cm³/mol. The molecule has 11 heteroatoms. The van der Waals surface area contributed by atoms with Gasteiger partial charge in [-0.05, 0) is 75.8 Å². The van der Waals surface area contributed by atoms with Gasteiger partial charge in [0.2, 0.25) is 0 Å². The minimum atomic E-state index is -1.24. The van der Waals surface area contributed by atoms with Crippen LogP contribution in [0.4, 0.5) is 0 Å². The second-order valence-electron chi connectivity index (χ2n) is 19.8. The van der Waals surface area contributed by atoms with E-state index in [0.717, 1.165) is 42.5 Å². The van der Waals surface area contributed by atoms with E-state index in [1.807, 2.05) is 38.1 Å². The molecule has 0 saturated carbocycles. The second kappa shape index (κ2) is 23.0. The molecule has 0 fully saturated rings. The number of carbonyl (C=O) groups excluding carboxylic acids is 4. The monoisotopic (exact) mass is 936 g/mol.